The van der Waals surface area contributed by atoms with Gasteiger partial charge < -0.3 is 4.74 Å². The molecule has 38 heavy (non-hydrogen) atoms. The summed E-state index contributed by atoms with van der Waals surface area (Å²) in [5.41, 5.74) is 5.90. The zero-order chi connectivity index (χ0) is 25.5. The molecule has 2 aromatic heterocycles. The molecule has 0 aliphatic carbocycles. The maximum atomic E-state index is 14.0. The van der Waals surface area contributed by atoms with Gasteiger partial charge in [-0.1, -0.05) is 109 Å². The molecule has 0 saturated carbocycles. The largest absolute Gasteiger partial charge is 0.457 e. The molecule has 7 aromatic rings. The monoisotopic (exact) mass is 491 g/mol. The molecule has 0 spiro atoms. The van der Waals surface area contributed by atoms with Crippen molar-refractivity contribution >= 4 is 44.1 Å². The van der Waals surface area contributed by atoms with Crippen LogP contribution >= 0.6 is 0 Å². The Morgan fingerprint density at radius 1 is 0.632 bits per heavy atom. The van der Waals surface area contributed by atoms with Crippen molar-refractivity contribution in [2.24, 2.45) is 0 Å². The Morgan fingerprint density at radius 2 is 1.26 bits per heavy atom. The fraction of sp³-hybridized carbons (Fsp3) is 0.0294. The van der Waals surface area contributed by atoms with Crippen LogP contribution in [-0.2, 0) is 11.3 Å². The van der Waals surface area contributed by atoms with Crippen LogP contribution < -0.4 is 4.52 Å². The summed E-state index contributed by atoms with van der Waals surface area (Å²) in [5.74, 6) is -0.371. The molecule has 0 fully saturated rings. The number of para-hydroxylation sites is 1. The number of carbonyl (C=O) groups is 1. The highest BCUT2D eigenvalue weighted by molar-refractivity contribution is 6.18. The first-order valence-corrected chi connectivity index (χ1v) is 12.6. The summed E-state index contributed by atoms with van der Waals surface area (Å²) in [4.78, 5) is 14.0. The third-order valence-corrected chi connectivity index (χ3v) is 7.06. The van der Waals surface area contributed by atoms with Gasteiger partial charge in [-0.25, -0.2) is 4.79 Å². The van der Waals surface area contributed by atoms with Crippen LogP contribution in [0.2, 0.25) is 0 Å². The lowest BCUT2D eigenvalue weighted by Crippen LogP contribution is -2.31. The molecular weight excluding hydrogens is 468 g/mol. The van der Waals surface area contributed by atoms with E-state index in [0.29, 0.717) is 5.56 Å². The number of aromatic nitrogens is 2. The van der Waals surface area contributed by atoms with E-state index in [0.717, 1.165) is 54.8 Å². The molecule has 0 radical (unpaired) electrons. The van der Waals surface area contributed by atoms with Gasteiger partial charge >= 0.3 is 5.97 Å². The van der Waals surface area contributed by atoms with Gasteiger partial charge in [0.2, 0.25) is 5.52 Å². The molecular formula is C34H23N2O2+. The molecule has 0 atom stereocenters. The normalized spacial score (nSPS) is 11.4. The lowest BCUT2D eigenvalue weighted by Gasteiger charge is -2.12. The Morgan fingerprint density at radius 3 is 2.05 bits per heavy atom. The van der Waals surface area contributed by atoms with E-state index in [2.05, 4.69) is 42.5 Å². The molecule has 4 heteroatoms. The second kappa shape index (κ2) is 9.09. The fourth-order valence-electron chi connectivity index (χ4n) is 5.32. The van der Waals surface area contributed by atoms with E-state index in [1.807, 2.05) is 89.4 Å². The van der Waals surface area contributed by atoms with Crippen LogP contribution in [0.25, 0.3) is 49.2 Å². The first kappa shape index (κ1) is 22.1. The van der Waals surface area contributed by atoms with Gasteiger partial charge in [0.1, 0.15) is 17.7 Å². The number of carbonyl (C=O) groups excluding carboxylic acids is 1. The lowest BCUT2D eigenvalue weighted by molar-refractivity contribution is -0.548. The fourth-order valence-corrected chi connectivity index (χ4v) is 5.32. The van der Waals surface area contributed by atoms with Gasteiger partial charge in [-0.3, -0.25) is 0 Å². The number of rotatable bonds is 4. The van der Waals surface area contributed by atoms with E-state index in [1.165, 1.54) is 0 Å². The van der Waals surface area contributed by atoms with Gasteiger partial charge in [0, 0.05) is 27.5 Å². The Hall–Kier alpha value is -5.09. The van der Waals surface area contributed by atoms with Crippen molar-refractivity contribution in [3.8, 4) is 11.1 Å². The second-order valence-electron chi connectivity index (χ2n) is 9.33. The van der Waals surface area contributed by atoms with Gasteiger partial charge in [-0.2, -0.15) is 0 Å². The van der Waals surface area contributed by atoms with Crippen molar-refractivity contribution < 1.29 is 14.0 Å². The standard InChI is InChI=1S/C34H23N2O2/c37-34(38-22-23-12-3-1-4-13-23)31-29-20-11-19-25(24-14-5-2-6-15-24)32(29)35-36-30-21-10-9-17-27(30)26-16-7-8-18-28(26)33(31)36/h1-21H,22H2/q+1. The number of pyridine rings is 1. The van der Waals surface area contributed by atoms with Crippen molar-refractivity contribution in [2.45, 2.75) is 6.61 Å². The average Bonchev–Trinajstić information content (AvgIpc) is 2.99. The van der Waals surface area contributed by atoms with Crippen LogP contribution in [0, 0.1) is 0 Å². The first-order valence-electron chi connectivity index (χ1n) is 12.6. The van der Waals surface area contributed by atoms with E-state index in [4.69, 9.17) is 9.84 Å². The van der Waals surface area contributed by atoms with Crippen molar-refractivity contribution in [1.29, 1.82) is 0 Å². The van der Waals surface area contributed by atoms with E-state index in [1.54, 1.807) is 0 Å². The molecule has 0 amide bonds. The van der Waals surface area contributed by atoms with Crippen LogP contribution in [0.1, 0.15) is 15.9 Å². The molecule has 5 aromatic carbocycles. The molecule has 0 unspecified atom stereocenters. The van der Waals surface area contributed by atoms with Crippen molar-refractivity contribution in [1.82, 2.24) is 5.10 Å². The molecule has 0 N–H and O–H groups in total. The number of hydrogen-bond donors (Lipinski definition) is 0. The number of nitrogens with zero attached hydrogens (tertiary/aromatic N) is 2. The van der Waals surface area contributed by atoms with Crippen LogP contribution in [0.4, 0.5) is 0 Å². The zero-order valence-corrected chi connectivity index (χ0v) is 20.5. The SMILES string of the molecule is O=C(OCc1ccccc1)c1c2cccc(-c3ccccc3)c2n[n+]2c3ccccc3c3ccccc3c12. The average molecular weight is 492 g/mol. The molecule has 0 aliphatic rings. The van der Waals surface area contributed by atoms with Crippen LogP contribution in [0.3, 0.4) is 0 Å². The van der Waals surface area contributed by atoms with Crippen molar-refractivity contribution in [3.63, 3.8) is 0 Å². The minimum atomic E-state index is -0.371. The third-order valence-electron chi connectivity index (χ3n) is 7.06. The lowest BCUT2D eigenvalue weighted by atomic mass is 9.97. The predicted octanol–water partition coefficient (Wildman–Crippen LogP) is 7.30. The summed E-state index contributed by atoms with van der Waals surface area (Å²) in [5, 5.41) is 9.07. The zero-order valence-electron chi connectivity index (χ0n) is 20.5. The molecule has 0 bridgehead atoms. The number of hydrogen-bond acceptors (Lipinski definition) is 3. The smallest absolute Gasteiger partial charge is 0.346 e. The molecule has 7 rings (SSSR count). The maximum absolute atomic E-state index is 14.0. The third kappa shape index (κ3) is 3.58. The summed E-state index contributed by atoms with van der Waals surface area (Å²) in [6, 6.07) is 42.3. The molecule has 0 aliphatic heterocycles. The Kier molecular flexibility index (Phi) is 5.30. The van der Waals surface area contributed by atoms with Crippen molar-refractivity contribution in [3.05, 3.63) is 139 Å². The summed E-state index contributed by atoms with van der Waals surface area (Å²) in [6.45, 7) is 0.194. The number of benzene rings is 5. The topological polar surface area (TPSA) is 43.3 Å². The van der Waals surface area contributed by atoms with Gasteiger partial charge in [0.15, 0.2) is 0 Å². The Bertz CT molecular complexity index is 1980. The van der Waals surface area contributed by atoms with Gasteiger partial charge in [-0.15, -0.1) is 0 Å². The number of ether oxygens (including phenoxy) is 1. The summed E-state index contributed by atoms with van der Waals surface area (Å²) < 4.78 is 7.88. The van der Waals surface area contributed by atoms with Crippen molar-refractivity contribution in [2.75, 3.05) is 0 Å². The van der Waals surface area contributed by atoms with Crippen LogP contribution in [0.5, 0.6) is 0 Å². The minimum Gasteiger partial charge on any atom is -0.457 e. The molecule has 0 saturated heterocycles. The summed E-state index contributed by atoms with van der Waals surface area (Å²) >= 11 is 0. The Balaban J connectivity index is 1.60. The summed E-state index contributed by atoms with van der Waals surface area (Å²) in [6.07, 6.45) is 0. The van der Waals surface area contributed by atoms with Crippen LogP contribution in [0.15, 0.2) is 127 Å². The van der Waals surface area contributed by atoms with Gasteiger partial charge in [-0.05, 0) is 27.8 Å². The number of esters is 1. The quantitative estimate of drug-likeness (QED) is 0.112. The second-order valence-corrected chi connectivity index (χ2v) is 9.33. The van der Waals surface area contributed by atoms with E-state index >= 15 is 0 Å². The Labute approximate surface area is 219 Å². The van der Waals surface area contributed by atoms with E-state index in [-0.39, 0.29) is 12.6 Å². The van der Waals surface area contributed by atoms with E-state index in [9.17, 15) is 4.79 Å². The predicted molar refractivity (Wildman–Crippen MR) is 151 cm³/mol. The van der Waals surface area contributed by atoms with Gasteiger partial charge in [0.05, 0.1) is 10.8 Å². The number of fused-ring (bicyclic) bond motifs is 7. The highest BCUT2D eigenvalue weighted by atomic mass is 16.5. The highest BCUT2D eigenvalue weighted by Gasteiger charge is 2.29. The van der Waals surface area contributed by atoms with Gasteiger partial charge in [0.25, 0.3) is 5.52 Å². The van der Waals surface area contributed by atoms with E-state index < -0.39 is 0 Å². The molecule has 4 nitrogen and oxygen atoms in total. The first-order chi connectivity index (χ1) is 18.8. The minimum absolute atomic E-state index is 0.194. The highest BCUT2D eigenvalue weighted by Crippen LogP contribution is 2.34. The molecule has 180 valence electrons. The molecule has 2 heterocycles. The maximum Gasteiger partial charge on any atom is 0.346 e. The van der Waals surface area contributed by atoms with Crippen LogP contribution in [-0.4, -0.2) is 11.1 Å². The summed E-state index contributed by atoms with van der Waals surface area (Å²) in [7, 11) is 0.